The van der Waals surface area contributed by atoms with Crippen LogP contribution in [0.3, 0.4) is 0 Å². The number of hydrogen-bond acceptors (Lipinski definition) is 3. The maximum atomic E-state index is 13.2. The van der Waals surface area contributed by atoms with Crippen molar-refractivity contribution in [2.45, 2.75) is 37.5 Å². The molecule has 6 aromatic rings. The van der Waals surface area contributed by atoms with E-state index in [1.165, 1.54) is 0 Å². The van der Waals surface area contributed by atoms with Crippen molar-refractivity contribution in [1.29, 1.82) is 0 Å². The van der Waals surface area contributed by atoms with Gasteiger partial charge in [-0.25, -0.2) is 17.9 Å². The van der Waals surface area contributed by atoms with E-state index in [1.807, 2.05) is 60.7 Å². The third-order valence-corrected chi connectivity index (χ3v) is 10.5. The van der Waals surface area contributed by atoms with Crippen molar-refractivity contribution in [3.05, 3.63) is 177 Å². The molecule has 49 heavy (non-hydrogen) atoms. The van der Waals surface area contributed by atoms with Crippen molar-refractivity contribution in [1.82, 2.24) is 9.29 Å². The Kier molecular flexibility index (Phi) is 10.9. The summed E-state index contributed by atoms with van der Waals surface area (Å²) in [6, 6.07) is 40.3. The highest BCUT2D eigenvalue weighted by Gasteiger charge is 2.26. The summed E-state index contributed by atoms with van der Waals surface area (Å²) < 4.78 is 31.7. The number of fused-ring (bicyclic) bond motifs is 1. The smallest absolute Gasteiger partial charge is 0.335 e. The van der Waals surface area contributed by atoms with E-state index in [0.717, 1.165) is 51.7 Å². The molecule has 0 unspecified atom stereocenters. The average Bonchev–Trinajstić information content (AvgIpc) is 3.37. The molecule has 0 aliphatic heterocycles. The van der Waals surface area contributed by atoms with Gasteiger partial charge >= 0.3 is 5.97 Å². The number of halogens is 2. The standard InChI is InChI=1S/C40H36Cl2N2O4S/c41-33-15-7-10-29(25-33)27-49(47,48)43-24-23-38-35(16-8-9-28-17-19-32(20-18-28)40(45)46)36-26-34(42)21-22-37(36)44(38)39(30-11-3-1-4-12-30)31-13-5-2-6-14-31/h1-7,10-15,17-22,25-26,39,43H,8-9,16,23-24,27H2,(H,45,46). The molecule has 6 rings (SSSR count). The summed E-state index contributed by atoms with van der Waals surface area (Å²) in [6.45, 7) is 0.201. The highest BCUT2D eigenvalue weighted by Crippen LogP contribution is 2.38. The Labute approximate surface area is 297 Å². The number of nitrogens with one attached hydrogen (secondary N) is 1. The van der Waals surface area contributed by atoms with Gasteiger partial charge in [0.1, 0.15) is 0 Å². The second kappa shape index (κ2) is 15.4. The van der Waals surface area contributed by atoms with Crippen molar-refractivity contribution in [3.8, 4) is 0 Å². The minimum atomic E-state index is -3.65. The zero-order valence-electron chi connectivity index (χ0n) is 26.7. The van der Waals surface area contributed by atoms with Crippen molar-refractivity contribution >= 4 is 50.1 Å². The third kappa shape index (κ3) is 8.43. The van der Waals surface area contributed by atoms with Crippen LogP contribution in [0.4, 0.5) is 0 Å². The van der Waals surface area contributed by atoms with E-state index in [0.29, 0.717) is 28.5 Å². The van der Waals surface area contributed by atoms with Gasteiger partial charge in [-0.3, -0.25) is 0 Å². The molecule has 0 saturated heterocycles. The van der Waals surface area contributed by atoms with Crippen LogP contribution in [-0.4, -0.2) is 30.6 Å². The molecule has 0 fully saturated rings. The summed E-state index contributed by atoms with van der Waals surface area (Å²) in [5, 5.41) is 11.5. The van der Waals surface area contributed by atoms with Crippen LogP contribution in [0.2, 0.25) is 10.0 Å². The van der Waals surface area contributed by atoms with Crippen molar-refractivity contribution in [3.63, 3.8) is 0 Å². The molecule has 0 saturated carbocycles. The lowest BCUT2D eigenvalue weighted by Crippen LogP contribution is -2.28. The number of nitrogens with zero attached hydrogens (tertiary/aromatic N) is 1. The number of aromatic nitrogens is 1. The van der Waals surface area contributed by atoms with Crippen LogP contribution in [0.15, 0.2) is 127 Å². The number of aromatic carboxylic acids is 1. The first kappa shape index (κ1) is 34.5. The van der Waals surface area contributed by atoms with E-state index in [-0.39, 0.29) is 23.9 Å². The number of carbonyl (C=O) groups is 1. The number of aryl methyl sites for hydroxylation is 2. The average molecular weight is 712 g/mol. The SMILES string of the molecule is O=C(O)c1ccc(CCCc2c(CCNS(=O)(=O)Cc3cccc(Cl)c3)n(C(c3ccccc3)c3ccccc3)c3ccc(Cl)cc23)cc1. The van der Waals surface area contributed by atoms with Crippen LogP contribution < -0.4 is 4.72 Å². The van der Waals surface area contributed by atoms with Gasteiger partial charge in [0, 0.05) is 39.6 Å². The van der Waals surface area contributed by atoms with Crippen LogP contribution in [0.5, 0.6) is 0 Å². The molecule has 0 atom stereocenters. The van der Waals surface area contributed by atoms with E-state index in [9.17, 15) is 18.3 Å². The Hall–Kier alpha value is -4.40. The highest BCUT2D eigenvalue weighted by molar-refractivity contribution is 7.88. The van der Waals surface area contributed by atoms with Gasteiger partial charge in [-0.15, -0.1) is 0 Å². The molecule has 5 aromatic carbocycles. The number of sulfonamides is 1. The van der Waals surface area contributed by atoms with Crippen LogP contribution in [0.25, 0.3) is 10.9 Å². The van der Waals surface area contributed by atoms with Gasteiger partial charge in [0.2, 0.25) is 10.0 Å². The minimum absolute atomic E-state index is 0.170. The second-order valence-electron chi connectivity index (χ2n) is 12.1. The lowest BCUT2D eigenvalue weighted by Gasteiger charge is -2.25. The van der Waals surface area contributed by atoms with E-state index in [2.05, 4.69) is 39.6 Å². The molecule has 0 aliphatic carbocycles. The predicted octanol–water partition coefficient (Wildman–Crippen LogP) is 9.12. The third-order valence-electron chi connectivity index (χ3n) is 8.69. The summed E-state index contributed by atoms with van der Waals surface area (Å²) in [6.07, 6.45) is 2.71. The summed E-state index contributed by atoms with van der Waals surface area (Å²) >= 11 is 12.8. The van der Waals surface area contributed by atoms with Gasteiger partial charge in [0.25, 0.3) is 0 Å². The number of carboxylic acid groups (broad SMARTS) is 1. The summed E-state index contributed by atoms with van der Waals surface area (Å²) in [5.41, 5.74) is 7.30. The Bertz CT molecular complexity index is 2130. The minimum Gasteiger partial charge on any atom is -0.478 e. The largest absolute Gasteiger partial charge is 0.478 e. The fraction of sp³-hybridized carbons (Fsp3) is 0.175. The van der Waals surface area contributed by atoms with E-state index in [4.69, 9.17) is 23.2 Å². The topological polar surface area (TPSA) is 88.4 Å². The lowest BCUT2D eigenvalue weighted by molar-refractivity contribution is 0.0697. The maximum Gasteiger partial charge on any atom is 0.335 e. The highest BCUT2D eigenvalue weighted by atomic mass is 35.5. The molecule has 0 bridgehead atoms. The Morgan fingerprint density at radius 3 is 2.00 bits per heavy atom. The van der Waals surface area contributed by atoms with Gasteiger partial charge in [-0.2, -0.15) is 0 Å². The quantitative estimate of drug-likeness (QED) is 0.118. The summed E-state index contributed by atoms with van der Waals surface area (Å²) in [7, 11) is -3.65. The summed E-state index contributed by atoms with van der Waals surface area (Å²) in [5.74, 6) is -1.12. The van der Waals surface area contributed by atoms with Gasteiger partial charge in [-0.05, 0) is 89.5 Å². The first-order chi connectivity index (χ1) is 23.7. The number of benzene rings is 5. The number of carboxylic acids is 1. The second-order valence-corrected chi connectivity index (χ2v) is 14.7. The summed E-state index contributed by atoms with van der Waals surface area (Å²) in [4.78, 5) is 11.4. The van der Waals surface area contributed by atoms with Crippen LogP contribution in [-0.2, 0) is 35.0 Å². The Balaban J connectivity index is 1.40. The van der Waals surface area contributed by atoms with Crippen LogP contribution in [0.1, 0.15) is 56.3 Å². The maximum absolute atomic E-state index is 13.2. The molecule has 0 radical (unpaired) electrons. The molecule has 1 heterocycles. The molecule has 0 amide bonds. The lowest BCUT2D eigenvalue weighted by atomic mass is 9.97. The fourth-order valence-corrected chi connectivity index (χ4v) is 8.04. The molecule has 0 aliphatic rings. The molecule has 0 spiro atoms. The zero-order chi connectivity index (χ0) is 34.4. The molecule has 2 N–H and O–H groups in total. The van der Waals surface area contributed by atoms with Gasteiger partial charge < -0.3 is 9.67 Å². The van der Waals surface area contributed by atoms with Crippen LogP contribution in [0, 0.1) is 0 Å². The van der Waals surface area contributed by atoms with Crippen molar-refractivity contribution < 1.29 is 18.3 Å². The first-order valence-electron chi connectivity index (χ1n) is 16.1. The van der Waals surface area contributed by atoms with Crippen LogP contribution >= 0.6 is 23.2 Å². The van der Waals surface area contributed by atoms with Gasteiger partial charge in [0.15, 0.2) is 0 Å². The monoisotopic (exact) mass is 710 g/mol. The molecular weight excluding hydrogens is 675 g/mol. The molecule has 1 aromatic heterocycles. The molecule has 250 valence electrons. The van der Waals surface area contributed by atoms with E-state index >= 15 is 0 Å². The van der Waals surface area contributed by atoms with E-state index < -0.39 is 16.0 Å². The normalized spacial score (nSPS) is 11.7. The first-order valence-corrected chi connectivity index (χ1v) is 18.5. The van der Waals surface area contributed by atoms with Gasteiger partial charge in [0.05, 0.1) is 17.4 Å². The van der Waals surface area contributed by atoms with Gasteiger partial charge in [-0.1, -0.05) is 108 Å². The fourth-order valence-electron chi connectivity index (χ4n) is 6.52. The van der Waals surface area contributed by atoms with E-state index in [1.54, 1.807) is 36.4 Å². The van der Waals surface area contributed by atoms with Crippen molar-refractivity contribution in [2.24, 2.45) is 0 Å². The number of rotatable bonds is 14. The molecule has 9 heteroatoms. The molecular formula is C40H36Cl2N2O4S. The predicted molar refractivity (Wildman–Crippen MR) is 198 cm³/mol. The molecule has 6 nitrogen and oxygen atoms in total. The Morgan fingerprint density at radius 2 is 1.37 bits per heavy atom. The number of hydrogen-bond donors (Lipinski definition) is 2. The van der Waals surface area contributed by atoms with Crippen molar-refractivity contribution in [2.75, 3.05) is 6.54 Å². The zero-order valence-corrected chi connectivity index (χ0v) is 29.1. The Morgan fingerprint density at radius 1 is 0.714 bits per heavy atom.